The fraction of sp³-hybridized carbons (Fsp3) is 0.400. The molecule has 0 unspecified atom stereocenters. The van der Waals surface area contributed by atoms with E-state index in [4.69, 9.17) is 10.5 Å². The molecule has 0 spiro atoms. The molecule has 0 atom stereocenters. The van der Waals surface area contributed by atoms with Gasteiger partial charge >= 0.3 is 0 Å². The van der Waals surface area contributed by atoms with Crippen LogP contribution in [0, 0.1) is 0 Å². The maximum Gasteiger partial charge on any atom is 0.142 e. The lowest BCUT2D eigenvalue weighted by Gasteiger charge is -2.17. The van der Waals surface area contributed by atoms with Crippen LogP contribution in [0.1, 0.15) is 31.4 Å². The molecule has 23 heavy (non-hydrogen) atoms. The molecule has 0 aromatic heterocycles. The summed E-state index contributed by atoms with van der Waals surface area (Å²) >= 11 is 0. The van der Waals surface area contributed by atoms with Crippen molar-refractivity contribution in [2.45, 2.75) is 33.3 Å². The minimum absolute atomic E-state index is 0.548. The van der Waals surface area contributed by atoms with Gasteiger partial charge in [-0.15, -0.1) is 0 Å². The van der Waals surface area contributed by atoms with Gasteiger partial charge in [-0.2, -0.15) is 0 Å². The highest BCUT2D eigenvalue weighted by molar-refractivity contribution is 5.54. The third kappa shape index (κ3) is 5.61. The van der Waals surface area contributed by atoms with Gasteiger partial charge in [0.1, 0.15) is 12.4 Å². The Kier molecular flexibility index (Phi) is 6.95. The topological polar surface area (TPSA) is 38.5 Å². The van der Waals surface area contributed by atoms with Crippen LogP contribution in [0.2, 0.25) is 0 Å². The van der Waals surface area contributed by atoms with Crippen molar-refractivity contribution < 1.29 is 4.74 Å². The Labute approximate surface area is 140 Å². The molecule has 0 aliphatic heterocycles. The molecule has 0 amide bonds. The molecule has 3 heteroatoms. The minimum atomic E-state index is 0.548. The number of nitrogens with two attached hydrogens (primary N) is 1. The maximum atomic E-state index is 6.13. The fourth-order valence-electron chi connectivity index (χ4n) is 2.67. The third-order valence-electron chi connectivity index (χ3n) is 4.15. The second-order valence-corrected chi connectivity index (χ2v) is 5.78. The Hall–Kier alpha value is -2.00. The summed E-state index contributed by atoms with van der Waals surface area (Å²) in [6.45, 7) is 8.34. The van der Waals surface area contributed by atoms with E-state index in [2.05, 4.69) is 36.9 Å². The molecule has 0 radical (unpaired) electrons. The van der Waals surface area contributed by atoms with E-state index < -0.39 is 0 Å². The van der Waals surface area contributed by atoms with Gasteiger partial charge in [0.2, 0.25) is 0 Å². The number of benzene rings is 2. The lowest BCUT2D eigenvalue weighted by Crippen LogP contribution is -2.24. The third-order valence-corrected chi connectivity index (χ3v) is 4.15. The van der Waals surface area contributed by atoms with Crippen molar-refractivity contribution in [2.75, 3.05) is 25.4 Å². The maximum absolute atomic E-state index is 6.13. The molecule has 0 saturated heterocycles. The van der Waals surface area contributed by atoms with Crippen LogP contribution in [0.25, 0.3) is 0 Å². The van der Waals surface area contributed by atoms with Gasteiger partial charge in [-0.25, -0.2) is 0 Å². The zero-order valence-corrected chi connectivity index (χ0v) is 14.3. The minimum Gasteiger partial charge on any atom is -0.487 e. The van der Waals surface area contributed by atoms with Crippen LogP contribution in [-0.4, -0.2) is 24.5 Å². The molecule has 2 aromatic rings. The van der Waals surface area contributed by atoms with Crippen molar-refractivity contribution in [3.05, 3.63) is 59.7 Å². The molecular formula is C20H28N2O. The van der Waals surface area contributed by atoms with Crippen molar-refractivity contribution in [1.82, 2.24) is 4.90 Å². The van der Waals surface area contributed by atoms with E-state index in [1.807, 2.05) is 30.3 Å². The van der Waals surface area contributed by atoms with E-state index in [9.17, 15) is 0 Å². The predicted molar refractivity (Wildman–Crippen MR) is 97.7 cm³/mol. The van der Waals surface area contributed by atoms with Gasteiger partial charge < -0.3 is 15.4 Å². The van der Waals surface area contributed by atoms with Crippen LogP contribution in [0.4, 0.5) is 5.69 Å². The lowest BCUT2D eigenvalue weighted by molar-refractivity contribution is 0.300. The van der Waals surface area contributed by atoms with Gasteiger partial charge in [0.15, 0.2) is 0 Å². The van der Waals surface area contributed by atoms with Gasteiger partial charge in [-0.3, -0.25) is 0 Å². The van der Waals surface area contributed by atoms with Gasteiger partial charge in [-0.1, -0.05) is 50.2 Å². The molecule has 3 nitrogen and oxygen atoms in total. The first-order valence-electron chi connectivity index (χ1n) is 8.50. The molecule has 0 fully saturated rings. The Bertz CT molecular complexity index is 579. The normalized spacial score (nSPS) is 10.9. The number of hydrogen-bond donors (Lipinski definition) is 1. The van der Waals surface area contributed by atoms with Gasteiger partial charge in [-0.05, 0) is 55.7 Å². The monoisotopic (exact) mass is 312 g/mol. The van der Waals surface area contributed by atoms with Crippen LogP contribution < -0.4 is 10.5 Å². The van der Waals surface area contributed by atoms with Gasteiger partial charge in [0, 0.05) is 0 Å². The van der Waals surface area contributed by atoms with Crippen LogP contribution >= 0.6 is 0 Å². The number of hydrogen-bond acceptors (Lipinski definition) is 3. The Morgan fingerprint density at radius 1 is 0.957 bits per heavy atom. The van der Waals surface area contributed by atoms with Crippen LogP contribution in [0.5, 0.6) is 5.75 Å². The van der Waals surface area contributed by atoms with E-state index in [1.165, 1.54) is 5.56 Å². The van der Waals surface area contributed by atoms with E-state index in [0.29, 0.717) is 6.61 Å². The molecule has 2 rings (SSSR count). The van der Waals surface area contributed by atoms with Crippen molar-refractivity contribution in [3.8, 4) is 5.75 Å². The smallest absolute Gasteiger partial charge is 0.142 e. The lowest BCUT2D eigenvalue weighted by atomic mass is 10.1. The Morgan fingerprint density at radius 3 is 2.35 bits per heavy atom. The summed E-state index contributed by atoms with van der Waals surface area (Å²) in [5.74, 6) is 0.765. The van der Waals surface area contributed by atoms with E-state index >= 15 is 0 Å². The summed E-state index contributed by atoms with van der Waals surface area (Å²) < 4.78 is 5.82. The largest absolute Gasteiger partial charge is 0.487 e. The molecule has 2 aromatic carbocycles. The number of rotatable bonds is 9. The number of nitrogens with zero attached hydrogens (tertiary/aromatic N) is 1. The van der Waals surface area contributed by atoms with Crippen LogP contribution in [0.3, 0.4) is 0 Å². The second kappa shape index (κ2) is 9.21. The highest BCUT2D eigenvalue weighted by atomic mass is 16.5. The summed E-state index contributed by atoms with van der Waals surface area (Å²) in [5, 5.41) is 0. The first kappa shape index (κ1) is 17.4. The van der Waals surface area contributed by atoms with Crippen molar-refractivity contribution in [2.24, 2.45) is 0 Å². The van der Waals surface area contributed by atoms with Crippen molar-refractivity contribution in [1.29, 1.82) is 0 Å². The Balaban J connectivity index is 1.85. The first-order valence-corrected chi connectivity index (χ1v) is 8.50. The van der Waals surface area contributed by atoms with Crippen molar-refractivity contribution in [3.63, 3.8) is 0 Å². The number of aryl methyl sites for hydroxylation is 1. The second-order valence-electron chi connectivity index (χ2n) is 5.78. The standard InChI is InChI=1S/C20H28N2O/c1-3-22(4-2)14-8-11-17-12-13-20(19(21)15-17)23-16-18-9-6-5-7-10-18/h5-7,9-10,12-13,15H,3-4,8,11,14,16,21H2,1-2H3. The highest BCUT2D eigenvalue weighted by Crippen LogP contribution is 2.24. The SMILES string of the molecule is CCN(CC)CCCc1ccc(OCc2ccccc2)c(N)c1. The molecule has 0 heterocycles. The highest BCUT2D eigenvalue weighted by Gasteiger charge is 2.04. The van der Waals surface area contributed by atoms with E-state index in [1.54, 1.807) is 0 Å². The summed E-state index contributed by atoms with van der Waals surface area (Å²) in [7, 11) is 0. The summed E-state index contributed by atoms with van der Waals surface area (Å²) in [6.07, 6.45) is 2.21. The van der Waals surface area contributed by atoms with Crippen molar-refractivity contribution >= 4 is 5.69 Å². The fourth-order valence-corrected chi connectivity index (χ4v) is 2.67. The van der Waals surface area contributed by atoms with Crippen LogP contribution in [0.15, 0.2) is 48.5 Å². The molecule has 0 saturated carbocycles. The van der Waals surface area contributed by atoms with Gasteiger partial charge in [0.05, 0.1) is 5.69 Å². The quantitative estimate of drug-likeness (QED) is 0.708. The zero-order chi connectivity index (χ0) is 16.5. The predicted octanol–water partition coefficient (Wildman–Crippen LogP) is 4.12. The average molecular weight is 312 g/mol. The first-order chi connectivity index (χ1) is 11.2. The van der Waals surface area contributed by atoms with E-state index in [0.717, 1.165) is 49.5 Å². The van der Waals surface area contributed by atoms with Gasteiger partial charge in [0.25, 0.3) is 0 Å². The Morgan fingerprint density at radius 2 is 1.70 bits per heavy atom. The molecule has 0 bridgehead atoms. The number of nitrogen functional groups attached to an aromatic ring is 1. The number of anilines is 1. The molecule has 2 N–H and O–H groups in total. The molecular weight excluding hydrogens is 284 g/mol. The summed E-state index contributed by atoms with van der Waals surface area (Å²) in [5.41, 5.74) is 9.29. The van der Waals surface area contributed by atoms with E-state index in [-0.39, 0.29) is 0 Å². The zero-order valence-electron chi connectivity index (χ0n) is 14.3. The summed E-state index contributed by atoms with van der Waals surface area (Å²) in [6, 6.07) is 16.3. The molecule has 0 aliphatic rings. The van der Waals surface area contributed by atoms with Crippen LogP contribution in [-0.2, 0) is 13.0 Å². The molecule has 0 aliphatic carbocycles. The number of ether oxygens (including phenoxy) is 1. The average Bonchev–Trinajstić information content (AvgIpc) is 2.59. The summed E-state index contributed by atoms with van der Waals surface area (Å²) in [4.78, 5) is 2.45. The molecule has 124 valence electrons.